The number of amides is 1. The molecule has 0 bridgehead atoms. The molecule has 1 saturated carbocycles. The molecule has 2 atom stereocenters. The molecule has 1 aliphatic carbocycles. The van der Waals surface area contributed by atoms with Crippen LogP contribution < -0.4 is 0 Å². The Kier molecular flexibility index (Phi) is 4.30. The van der Waals surface area contributed by atoms with Gasteiger partial charge in [-0.15, -0.1) is 23.2 Å². The topological polar surface area (TPSA) is 20.3 Å². The Balaban J connectivity index is 2.17. The van der Waals surface area contributed by atoms with Crippen molar-refractivity contribution in [2.24, 2.45) is 5.41 Å². The van der Waals surface area contributed by atoms with Crippen molar-refractivity contribution in [3.05, 3.63) is 34.9 Å². The minimum atomic E-state index is -0.924. The van der Waals surface area contributed by atoms with Gasteiger partial charge in [-0.25, -0.2) is 0 Å². The van der Waals surface area contributed by atoms with Crippen molar-refractivity contribution in [2.45, 2.75) is 37.1 Å². The van der Waals surface area contributed by atoms with E-state index in [4.69, 9.17) is 34.8 Å². The molecular weight excluding hydrogens is 317 g/mol. The van der Waals surface area contributed by atoms with Gasteiger partial charge in [0, 0.05) is 12.1 Å². The summed E-state index contributed by atoms with van der Waals surface area (Å²) in [7, 11) is 1.79. The second-order valence-corrected chi connectivity index (χ2v) is 7.38. The SMILES string of the molecule is CCC1(C(=O)N(C)[C@@H](C)c2ccc(Cl)cc2)CC1(Cl)Cl. The maximum absolute atomic E-state index is 12.7. The third-order valence-corrected chi connectivity index (χ3v) is 5.61. The van der Waals surface area contributed by atoms with Gasteiger partial charge in [-0.3, -0.25) is 4.79 Å². The predicted octanol–water partition coefficient (Wildman–Crippen LogP) is 4.83. The summed E-state index contributed by atoms with van der Waals surface area (Å²) in [6.07, 6.45) is 1.17. The largest absolute Gasteiger partial charge is 0.338 e. The lowest BCUT2D eigenvalue weighted by molar-refractivity contribution is -0.137. The lowest BCUT2D eigenvalue weighted by Gasteiger charge is -2.30. The number of carbonyl (C=O) groups excluding carboxylic acids is 1. The Morgan fingerprint density at radius 1 is 1.35 bits per heavy atom. The minimum absolute atomic E-state index is 0.00690. The summed E-state index contributed by atoms with van der Waals surface area (Å²) in [4.78, 5) is 14.4. The number of carbonyl (C=O) groups is 1. The first kappa shape index (κ1) is 15.9. The van der Waals surface area contributed by atoms with Gasteiger partial charge >= 0.3 is 0 Å². The fourth-order valence-corrected chi connectivity index (χ4v) is 3.59. The van der Waals surface area contributed by atoms with E-state index in [9.17, 15) is 4.79 Å². The highest BCUT2D eigenvalue weighted by Gasteiger charge is 2.70. The summed E-state index contributed by atoms with van der Waals surface area (Å²) in [5.74, 6) is 0.00690. The van der Waals surface area contributed by atoms with Crippen molar-refractivity contribution in [1.29, 1.82) is 0 Å². The highest BCUT2D eigenvalue weighted by molar-refractivity contribution is 6.53. The van der Waals surface area contributed by atoms with Crippen molar-refractivity contribution in [3.63, 3.8) is 0 Å². The fourth-order valence-electron chi connectivity index (χ4n) is 2.58. The van der Waals surface area contributed by atoms with Gasteiger partial charge in [-0.05, 0) is 37.5 Å². The third-order valence-electron chi connectivity index (χ3n) is 4.37. The van der Waals surface area contributed by atoms with Crippen LogP contribution in [0, 0.1) is 5.41 Å². The first-order valence-corrected chi connectivity index (χ1v) is 7.79. The van der Waals surface area contributed by atoms with E-state index in [1.54, 1.807) is 11.9 Å². The minimum Gasteiger partial charge on any atom is -0.338 e. The van der Waals surface area contributed by atoms with Gasteiger partial charge in [0.05, 0.1) is 11.5 Å². The molecule has 1 unspecified atom stereocenters. The summed E-state index contributed by atoms with van der Waals surface area (Å²) >= 11 is 18.2. The van der Waals surface area contributed by atoms with Crippen LogP contribution in [0.1, 0.15) is 38.3 Å². The molecule has 5 heteroatoms. The number of rotatable bonds is 4. The van der Waals surface area contributed by atoms with E-state index in [-0.39, 0.29) is 11.9 Å². The zero-order chi connectivity index (χ0) is 15.1. The van der Waals surface area contributed by atoms with Gasteiger partial charge in [0.15, 0.2) is 0 Å². The third kappa shape index (κ3) is 2.54. The summed E-state index contributed by atoms with van der Waals surface area (Å²) < 4.78 is -0.924. The van der Waals surface area contributed by atoms with E-state index >= 15 is 0 Å². The smallest absolute Gasteiger partial charge is 0.232 e. The maximum Gasteiger partial charge on any atom is 0.232 e. The average molecular weight is 335 g/mol. The molecule has 20 heavy (non-hydrogen) atoms. The van der Waals surface area contributed by atoms with Crippen molar-refractivity contribution in [3.8, 4) is 0 Å². The van der Waals surface area contributed by atoms with E-state index in [0.717, 1.165) is 5.56 Å². The fraction of sp³-hybridized carbons (Fsp3) is 0.533. The molecule has 1 aromatic rings. The molecule has 1 fully saturated rings. The van der Waals surface area contributed by atoms with Crippen LogP contribution in [0.2, 0.25) is 5.02 Å². The monoisotopic (exact) mass is 333 g/mol. The van der Waals surface area contributed by atoms with Crippen LogP contribution in [0.4, 0.5) is 0 Å². The van der Waals surface area contributed by atoms with Gasteiger partial charge in [0.1, 0.15) is 4.33 Å². The standard InChI is InChI=1S/C15H18Cl3NO/c1-4-14(9-15(14,17)18)13(20)19(3)10(2)11-5-7-12(16)8-6-11/h5-8,10H,4,9H2,1-3H3/t10-,14?/m0/s1. The summed E-state index contributed by atoms with van der Waals surface area (Å²) in [6, 6.07) is 7.46. The van der Waals surface area contributed by atoms with Crippen molar-refractivity contribution < 1.29 is 4.79 Å². The molecule has 0 aromatic heterocycles. The molecule has 0 aliphatic heterocycles. The van der Waals surface area contributed by atoms with Crippen LogP contribution in [0.5, 0.6) is 0 Å². The number of hydrogen-bond acceptors (Lipinski definition) is 1. The zero-order valence-corrected chi connectivity index (χ0v) is 14.1. The Bertz CT molecular complexity index is 514. The number of hydrogen-bond donors (Lipinski definition) is 0. The molecule has 1 aromatic carbocycles. The first-order valence-electron chi connectivity index (χ1n) is 6.66. The van der Waals surface area contributed by atoms with E-state index in [1.165, 1.54) is 0 Å². The maximum atomic E-state index is 12.7. The first-order chi connectivity index (χ1) is 9.25. The molecule has 0 saturated heterocycles. The second-order valence-electron chi connectivity index (χ2n) is 5.46. The molecule has 2 rings (SSSR count). The molecular formula is C15H18Cl3NO. The van der Waals surface area contributed by atoms with E-state index in [1.807, 2.05) is 38.1 Å². The summed E-state index contributed by atoms with van der Waals surface area (Å²) in [5, 5.41) is 0.683. The molecule has 110 valence electrons. The second kappa shape index (κ2) is 5.40. The van der Waals surface area contributed by atoms with Crippen molar-refractivity contribution in [1.82, 2.24) is 4.90 Å². The van der Waals surface area contributed by atoms with E-state index < -0.39 is 9.75 Å². The lowest BCUT2D eigenvalue weighted by atomic mass is 9.99. The Morgan fingerprint density at radius 2 is 1.85 bits per heavy atom. The number of alkyl halides is 2. The van der Waals surface area contributed by atoms with E-state index in [2.05, 4.69) is 0 Å². The van der Waals surface area contributed by atoms with Crippen LogP contribution in [-0.2, 0) is 4.79 Å². The number of nitrogens with zero attached hydrogens (tertiary/aromatic N) is 1. The van der Waals surface area contributed by atoms with Gasteiger partial charge in [0.25, 0.3) is 0 Å². The Hall–Kier alpha value is -0.440. The average Bonchev–Trinajstić information content (AvgIpc) is 3.00. The molecule has 0 heterocycles. The van der Waals surface area contributed by atoms with Crippen LogP contribution in [0.15, 0.2) is 24.3 Å². The number of benzene rings is 1. The van der Waals surface area contributed by atoms with Crippen LogP contribution >= 0.6 is 34.8 Å². The predicted molar refractivity (Wildman–Crippen MR) is 84.4 cm³/mol. The summed E-state index contributed by atoms with van der Waals surface area (Å²) in [6.45, 7) is 3.93. The number of halogens is 3. The molecule has 0 N–H and O–H groups in total. The molecule has 0 radical (unpaired) electrons. The van der Waals surface area contributed by atoms with Gasteiger partial charge < -0.3 is 4.90 Å². The molecule has 2 nitrogen and oxygen atoms in total. The Labute approximate surface area is 135 Å². The quantitative estimate of drug-likeness (QED) is 0.722. The van der Waals surface area contributed by atoms with Gasteiger partial charge in [-0.1, -0.05) is 30.7 Å². The van der Waals surface area contributed by atoms with Crippen LogP contribution in [0.25, 0.3) is 0 Å². The molecule has 0 spiro atoms. The van der Waals surface area contributed by atoms with Gasteiger partial charge in [-0.2, -0.15) is 0 Å². The van der Waals surface area contributed by atoms with Crippen molar-refractivity contribution in [2.75, 3.05) is 7.05 Å². The van der Waals surface area contributed by atoms with Crippen LogP contribution in [0.3, 0.4) is 0 Å². The highest BCUT2D eigenvalue weighted by Crippen LogP contribution is 2.66. The zero-order valence-electron chi connectivity index (χ0n) is 11.8. The Morgan fingerprint density at radius 3 is 2.25 bits per heavy atom. The van der Waals surface area contributed by atoms with Crippen molar-refractivity contribution >= 4 is 40.7 Å². The van der Waals surface area contributed by atoms with Crippen LogP contribution in [-0.4, -0.2) is 22.2 Å². The summed E-state index contributed by atoms with van der Waals surface area (Å²) in [5.41, 5.74) is 0.401. The highest BCUT2D eigenvalue weighted by atomic mass is 35.5. The molecule has 1 aliphatic rings. The molecule has 1 amide bonds. The van der Waals surface area contributed by atoms with E-state index in [0.29, 0.717) is 17.9 Å². The normalized spacial score (nSPS) is 25.1. The van der Waals surface area contributed by atoms with Gasteiger partial charge in [0.2, 0.25) is 5.91 Å². The lowest BCUT2D eigenvalue weighted by Crippen LogP contribution is -2.38.